The van der Waals surface area contributed by atoms with Gasteiger partial charge in [-0.3, -0.25) is 33.8 Å². The lowest BCUT2D eigenvalue weighted by atomic mass is 9.85. The Morgan fingerprint density at radius 2 is 1.67 bits per heavy atom. The van der Waals surface area contributed by atoms with Crippen LogP contribution in [0.3, 0.4) is 0 Å². The number of hydrogen-bond donors (Lipinski definition) is 4. The Morgan fingerprint density at radius 3 is 2.31 bits per heavy atom. The van der Waals surface area contributed by atoms with Gasteiger partial charge < -0.3 is 26.2 Å². The molecule has 2 aliphatic carbocycles. The second kappa shape index (κ2) is 15.3. The highest BCUT2D eigenvalue weighted by Crippen LogP contribution is 2.43. The molecule has 2 heterocycles. The summed E-state index contributed by atoms with van der Waals surface area (Å²) >= 11 is 0. The Morgan fingerprint density at radius 1 is 0.939 bits per heavy atom. The van der Waals surface area contributed by atoms with Gasteiger partial charge in [-0.15, -0.1) is 0 Å². The smallest absolute Gasteiger partial charge is 0.289 e. The van der Waals surface area contributed by atoms with Crippen LogP contribution in [-0.2, 0) is 24.0 Å². The SMILES string of the molecule is CCCC(NC(=O)[C@@H]1C2CCCC2CN1C(=O)[C@@H](NC(=O)[C@@H](NC(=O)c1cnccn1)c1ccccc1)C(C)(C)C)C(=O)C(=O)NC1CC1. The maximum atomic E-state index is 14.6. The molecule has 4 N–H and O–H groups in total. The molecule has 13 nitrogen and oxygen atoms in total. The zero-order valence-corrected chi connectivity index (χ0v) is 28.6. The number of nitrogens with one attached hydrogen (secondary N) is 4. The molecule has 2 aromatic rings. The van der Waals surface area contributed by atoms with E-state index < -0.39 is 64.9 Å². The number of benzene rings is 1. The van der Waals surface area contributed by atoms with Gasteiger partial charge in [0.2, 0.25) is 23.5 Å². The molecule has 3 fully saturated rings. The average Bonchev–Trinajstić information content (AvgIpc) is 3.65. The number of carbonyl (C=O) groups excluding carboxylic acids is 6. The van der Waals surface area contributed by atoms with Crippen molar-refractivity contribution in [1.82, 2.24) is 36.1 Å². The summed E-state index contributed by atoms with van der Waals surface area (Å²) in [6, 6.07) is 4.61. The van der Waals surface area contributed by atoms with E-state index >= 15 is 0 Å². The fourth-order valence-corrected chi connectivity index (χ4v) is 6.93. The number of carbonyl (C=O) groups is 6. The summed E-state index contributed by atoms with van der Waals surface area (Å²) in [6.45, 7) is 7.69. The molecule has 3 aliphatic rings. The van der Waals surface area contributed by atoms with E-state index in [-0.39, 0.29) is 23.6 Å². The molecule has 6 atom stereocenters. The fraction of sp³-hybridized carbons (Fsp3) is 0.556. The number of Topliss-reactive ketones (excluding diaryl/α,β-unsaturated/α-hetero) is 1. The lowest BCUT2D eigenvalue weighted by Gasteiger charge is -2.37. The van der Waals surface area contributed by atoms with Gasteiger partial charge in [0.05, 0.1) is 12.2 Å². The molecule has 0 spiro atoms. The summed E-state index contributed by atoms with van der Waals surface area (Å²) in [5.74, 6) is -3.50. The predicted octanol–water partition coefficient (Wildman–Crippen LogP) is 2.24. The first-order valence-electron chi connectivity index (χ1n) is 17.3. The van der Waals surface area contributed by atoms with Crippen LogP contribution >= 0.6 is 0 Å². The van der Waals surface area contributed by atoms with Crippen LogP contribution < -0.4 is 21.3 Å². The molecule has 3 unspecified atom stereocenters. The van der Waals surface area contributed by atoms with Gasteiger partial charge in [-0.2, -0.15) is 0 Å². The first-order valence-corrected chi connectivity index (χ1v) is 17.3. The van der Waals surface area contributed by atoms with E-state index in [2.05, 4.69) is 31.2 Å². The maximum absolute atomic E-state index is 14.6. The van der Waals surface area contributed by atoms with Crippen molar-refractivity contribution >= 4 is 35.3 Å². The minimum Gasteiger partial charge on any atom is -0.347 e. The summed E-state index contributed by atoms with van der Waals surface area (Å²) in [4.78, 5) is 91.0. The van der Waals surface area contributed by atoms with E-state index in [9.17, 15) is 28.8 Å². The standard InChI is InChI=1S/C36H47N7O6/c1-5-10-25(29(44)34(48)39-23-15-16-23)40-33(47)28-24-14-9-13-22(24)20-43(28)35(49)30(36(2,3)4)42-32(46)27(21-11-7-6-8-12-21)41-31(45)26-19-37-17-18-38-26/h6-8,11-12,17-19,22-25,27-28,30H,5,9-10,13-16,20H2,1-4H3,(H,39,48)(H,40,47)(H,41,45)(H,42,46)/t22?,24?,25?,27-,28-,30+/m0/s1. The molecule has 49 heavy (non-hydrogen) atoms. The largest absolute Gasteiger partial charge is 0.347 e. The minimum atomic E-state index is -1.16. The van der Waals surface area contributed by atoms with Crippen molar-refractivity contribution in [3.8, 4) is 0 Å². The van der Waals surface area contributed by atoms with E-state index in [1.165, 1.54) is 18.6 Å². The molecular formula is C36H47N7O6. The van der Waals surface area contributed by atoms with Gasteiger partial charge in [0.1, 0.15) is 23.8 Å². The molecule has 0 radical (unpaired) electrons. The second-order valence-electron chi connectivity index (χ2n) is 14.5. The zero-order chi connectivity index (χ0) is 35.3. The van der Waals surface area contributed by atoms with Gasteiger partial charge in [0.15, 0.2) is 0 Å². The first-order chi connectivity index (χ1) is 23.4. The second-order valence-corrected chi connectivity index (χ2v) is 14.5. The van der Waals surface area contributed by atoms with Crippen molar-refractivity contribution in [2.24, 2.45) is 17.3 Å². The summed E-state index contributed by atoms with van der Waals surface area (Å²) in [7, 11) is 0. The van der Waals surface area contributed by atoms with Gasteiger partial charge in [-0.1, -0.05) is 70.9 Å². The van der Waals surface area contributed by atoms with Crippen molar-refractivity contribution in [3.63, 3.8) is 0 Å². The minimum absolute atomic E-state index is 0.00276. The average molecular weight is 674 g/mol. The summed E-state index contributed by atoms with van der Waals surface area (Å²) in [6.07, 6.45) is 9.16. The molecule has 5 amide bonds. The highest BCUT2D eigenvalue weighted by molar-refractivity contribution is 6.38. The normalized spacial score (nSPS) is 21.9. The van der Waals surface area contributed by atoms with E-state index in [4.69, 9.17) is 0 Å². The molecule has 262 valence electrons. The van der Waals surface area contributed by atoms with E-state index in [1.54, 1.807) is 35.2 Å². The number of aromatic nitrogens is 2. The zero-order valence-electron chi connectivity index (χ0n) is 28.6. The van der Waals surface area contributed by atoms with Crippen molar-refractivity contribution in [3.05, 3.63) is 60.2 Å². The number of fused-ring (bicyclic) bond motifs is 1. The highest BCUT2D eigenvalue weighted by Gasteiger charge is 2.52. The summed E-state index contributed by atoms with van der Waals surface area (Å²) < 4.78 is 0. The van der Waals surface area contributed by atoms with Gasteiger partial charge in [-0.05, 0) is 54.9 Å². The van der Waals surface area contributed by atoms with Gasteiger partial charge >= 0.3 is 0 Å². The van der Waals surface area contributed by atoms with Crippen molar-refractivity contribution < 1.29 is 28.8 Å². The van der Waals surface area contributed by atoms with Crippen LogP contribution in [0.25, 0.3) is 0 Å². The number of likely N-dealkylation sites (tertiary alicyclic amines) is 1. The van der Waals surface area contributed by atoms with Crippen molar-refractivity contribution in [2.45, 2.75) is 103 Å². The molecule has 1 aromatic heterocycles. The summed E-state index contributed by atoms with van der Waals surface area (Å²) in [5, 5.41) is 11.2. The predicted molar refractivity (Wildman–Crippen MR) is 179 cm³/mol. The van der Waals surface area contributed by atoms with Crippen LogP contribution in [0.1, 0.15) is 94.7 Å². The monoisotopic (exact) mass is 673 g/mol. The fourth-order valence-electron chi connectivity index (χ4n) is 6.93. The Kier molecular flexibility index (Phi) is 11.1. The Balaban J connectivity index is 1.37. The van der Waals surface area contributed by atoms with Crippen LogP contribution in [-0.4, -0.2) is 80.9 Å². The Labute approximate surface area is 286 Å². The van der Waals surface area contributed by atoms with E-state index in [1.807, 2.05) is 27.7 Å². The number of amides is 5. The van der Waals surface area contributed by atoms with Gasteiger partial charge in [-0.25, -0.2) is 4.98 Å². The van der Waals surface area contributed by atoms with Crippen LogP contribution in [0.4, 0.5) is 0 Å². The number of nitrogens with zero attached hydrogens (tertiary/aromatic N) is 3. The van der Waals surface area contributed by atoms with E-state index in [0.29, 0.717) is 24.9 Å². The Bertz CT molecular complexity index is 1540. The lowest BCUT2D eigenvalue weighted by molar-refractivity contribution is -0.146. The third-order valence-electron chi connectivity index (χ3n) is 9.65. The summed E-state index contributed by atoms with van der Waals surface area (Å²) in [5.41, 5.74) is -0.256. The lowest BCUT2D eigenvalue weighted by Crippen LogP contribution is -2.60. The molecule has 1 aliphatic heterocycles. The quantitative estimate of drug-likeness (QED) is 0.234. The van der Waals surface area contributed by atoms with E-state index in [0.717, 1.165) is 32.1 Å². The van der Waals surface area contributed by atoms with Crippen molar-refractivity contribution in [2.75, 3.05) is 6.54 Å². The molecule has 1 saturated heterocycles. The van der Waals surface area contributed by atoms with Crippen LogP contribution in [0.2, 0.25) is 0 Å². The van der Waals surface area contributed by atoms with Crippen LogP contribution in [0, 0.1) is 17.3 Å². The molecule has 5 rings (SSSR count). The maximum Gasteiger partial charge on any atom is 0.289 e. The molecule has 13 heteroatoms. The third kappa shape index (κ3) is 8.49. The van der Waals surface area contributed by atoms with Gasteiger partial charge in [0, 0.05) is 25.0 Å². The topological polar surface area (TPSA) is 180 Å². The first kappa shape index (κ1) is 35.6. The molecule has 1 aromatic carbocycles. The number of ketones is 1. The molecular weight excluding hydrogens is 626 g/mol. The molecule has 2 saturated carbocycles. The number of rotatable bonds is 13. The van der Waals surface area contributed by atoms with Crippen LogP contribution in [0.15, 0.2) is 48.9 Å². The van der Waals surface area contributed by atoms with Gasteiger partial charge in [0.25, 0.3) is 11.8 Å². The Hall–Kier alpha value is -4.68. The molecule has 0 bridgehead atoms. The van der Waals surface area contributed by atoms with Crippen LogP contribution in [0.5, 0.6) is 0 Å². The highest BCUT2D eigenvalue weighted by atomic mass is 16.2. The number of hydrogen-bond acceptors (Lipinski definition) is 8. The van der Waals surface area contributed by atoms with Crippen molar-refractivity contribution in [1.29, 1.82) is 0 Å². The third-order valence-corrected chi connectivity index (χ3v) is 9.65.